The van der Waals surface area contributed by atoms with Gasteiger partial charge in [0.2, 0.25) is 5.95 Å². The Morgan fingerprint density at radius 2 is 1.96 bits per heavy atom. The quantitative estimate of drug-likeness (QED) is 0.904. The van der Waals surface area contributed by atoms with E-state index in [0.29, 0.717) is 17.1 Å². The molecule has 0 amide bonds. The Hall–Kier alpha value is -2.15. The maximum Gasteiger partial charge on any atom is 0.221 e. The van der Waals surface area contributed by atoms with Crippen molar-refractivity contribution in [3.8, 4) is 0 Å². The predicted octanol–water partition coefficient (Wildman–Crippen LogP) is 2.57. The Kier molecular flexibility index (Phi) is 4.89. The summed E-state index contributed by atoms with van der Waals surface area (Å²) in [6.45, 7) is 6.09. The lowest BCUT2D eigenvalue weighted by Crippen LogP contribution is -2.27. The molecule has 0 saturated carbocycles. The van der Waals surface area contributed by atoms with E-state index in [0.717, 1.165) is 11.3 Å². The highest BCUT2D eigenvalue weighted by atomic mass is 32.2. The maximum absolute atomic E-state index is 11.8. The van der Waals surface area contributed by atoms with Crippen LogP contribution >= 0.6 is 0 Å². The zero-order chi connectivity index (χ0) is 17.2. The molecule has 0 aliphatic carbocycles. The lowest BCUT2D eigenvalue weighted by Gasteiger charge is -2.30. The van der Waals surface area contributed by atoms with E-state index in [2.05, 4.69) is 9.97 Å². The van der Waals surface area contributed by atoms with E-state index in [1.54, 1.807) is 24.4 Å². The number of aryl methyl sites for hydroxylation is 1. The summed E-state index contributed by atoms with van der Waals surface area (Å²) in [5.41, 5.74) is 7.57. The largest absolute Gasteiger partial charge is 0.368 e. The molecular formula is C16H22N4O2S. The Morgan fingerprint density at radius 1 is 1.26 bits per heavy atom. The van der Waals surface area contributed by atoms with Crippen molar-refractivity contribution in [1.82, 2.24) is 9.97 Å². The second kappa shape index (κ2) is 6.54. The minimum Gasteiger partial charge on any atom is -0.368 e. The van der Waals surface area contributed by atoms with Gasteiger partial charge in [0.25, 0.3) is 0 Å². The maximum atomic E-state index is 11.8. The summed E-state index contributed by atoms with van der Waals surface area (Å²) in [6, 6.07) is 7.10. The molecule has 2 rings (SSSR count). The Balaban J connectivity index is 2.60. The summed E-state index contributed by atoms with van der Waals surface area (Å²) >= 11 is 0. The third-order valence-corrected chi connectivity index (χ3v) is 4.65. The van der Waals surface area contributed by atoms with E-state index in [1.807, 2.05) is 31.7 Å². The summed E-state index contributed by atoms with van der Waals surface area (Å²) < 4.78 is 23.6. The first-order valence-corrected chi connectivity index (χ1v) is 9.34. The van der Waals surface area contributed by atoms with E-state index < -0.39 is 9.84 Å². The molecule has 0 fully saturated rings. The molecule has 0 saturated heterocycles. The van der Waals surface area contributed by atoms with Crippen molar-refractivity contribution in [1.29, 1.82) is 0 Å². The van der Waals surface area contributed by atoms with Gasteiger partial charge >= 0.3 is 0 Å². The van der Waals surface area contributed by atoms with Gasteiger partial charge in [-0.05, 0) is 50.1 Å². The van der Waals surface area contributed by atoms with Gasteiger partial charge in [-0.3, -0.25) is 0 Å². The molecule has 0 spiro atoms. The van der Waals surface area contributed by atoms with Gasteiger partial charge in [0, 0.05) is 24.2 Å². The van der Waals surface area contributed by atoms with Gasteiger partial charge in [-0.2, -0.15) is 4.98 Å². The number of sulfone groups is 1. The fourth-order valence-electron chi connectivity index (χ4n) is 2.47. The second-order valence-corrected chi connectivity index (χ2v) is 7.67. The van der Waals surface area contributed by atoms with Crippen LogP contribution in [0.4, 0.5) is 17.5 Å². The molecule has 7 heteroatoms. The van der Waals surface area contributed by atoms with Crippen molar-refractivity contribution in [2.45, 2.75) is 38.1 Å². The van der Waals surface area contributed by atoms with Crippen molar-refractivity contribution in [3.63, 3.8) is 0 Å². The van der Waals surface area contributed by atoms with Gasteiger partial charge in [0.15, 0.2) is 9.84 Å². The van der Waals surface area contributed by atoms with E-state index in [4.69, 9.17) is 5.73 Å². The number of nitrogens with zero attached hydrogens (tertiary/aromatic N) is 3. The number of nitrogen functional groups attached to an aromatic ring is 1. The standard InChI is InChI=1S/C16H22N4O2S/c1-5-12-10-13(23(4,21)22)6-7-14(12)20(11(2)3)15-8-9-18-16(17)19-15/h6-11H,5H2,1-4H3,(H2,17,18,19). The van der Waals surface area contributed by atoms with Crippen LogP contribution in [0.1, 0.15) is 26.3 Å². The van der Waals surface area contributed by atoms with Crippen LogP contribution in [0.3, 0.4) is 0 Å². The number of anilines is 3. The van der Waals surface area contributed by atoms with Crippen LogP contribution in [0.25, 0.3) is 0 Å². The van der Waals surface area contributed by atoms with Crippen molar-refractivity contribution in [2.75, 3.05) is 16.9 Å². The van der Waals surface area contributed by atoms with Crippen molar-refractivity contribution in [3.05, 3.63) is 36.0 Å². The first-order valence-electron chi connectivity index (χ1n) is 7.44. The smallest absolute Gasteiger partial charge is 0.221 e. The number of benzene rings is 1. The molecule has 0 unspecified atom stereocenters. The lowest BCUT2D eigenvalue weighted by molar-refractivity contribution is 0.601. The van der Waals surface area contributed by atoms with Crippen LogP contribution < -0.4 is 10.6 Å². The summed E-state index contributed by atoms with van der Waals surface area (Å²) in [5, 5.41) is 0. The molecule has 2 aromatic rings. The highest BCUT2D eigenvalue weighted by Gasteiger charge is 2.19. The van der Waals surface area contributed by atoms with Gasteiger partial charge in [-0.15, -0.1) is 0 Å². The zero-order valence-electron chi connectivity index (χ0n) is 13.8. The molecule has 23 heavy (non-hydrogen) atoms. The van der Waals surface area contributed by atoms with Gasteiger partial charge in [-0.1, -0.05) is 6.92 Å². The Labute approximate surface area is 137 Å². The fourth-order valence-corrected chi connectivity index (χ4v) is 3.15. The molecule has 0 bridgehead atoms. The normalized spacial score (nSPS) is 11.7. The van der Waals surface area contributed by atoms with Crippen LogP contribution in [0.5, 0.6) is 0 Å². The number of rotatable bonds is 5. The predicted molar refractivity (Wildman–Crippen MR) is 92.6 cm³/mol. The van der Waals surface area contributed by atoms with Gasteiger partial charge in [-0.25, -0.2) is 13.4 Å². The molecular weight excluding hydrogens is 312 g/mol. The van der Waals surface area contributed by atoms with Crippen molar-refractivity contribution < 1.29 is 8.42 Å². The monoisotopic (exact) mass is 334 g/mol. The van der Waals surface area contributed by atoms with E-state index in [9.17, 15) is 8.42 Å². The first kappa shape index (κ1) is 17.2. The highest BCUT2D eigenvalue weighted by Crippen LogP contribution is 2.31. The molecule has 0 radical (unpaired) electrons. The first-order chi connectivity index (χ1) is 10.7. The number of hydrogen-bond acceptors (Lipinski definition) is 6. The van der Waals surface area contributed by atoms with Gasteiger partial charge in [0.05, 0.1) is 4.90 Å². The summed E-state index contributed by atoms with van der Waals surface area (Å²) in [5.74, 6) is 0.897. The third-order valence-electron chi connectivity index (χ3n) is 3.54. The topological polar surface area (TPSA) is 89.2 Å². The number of aromatic nitrogens is 2. The molecule has 2 N–H and O–H groups in total. The average molecular weight is 334 g/mol. The molecule has 1 aromatic heterocycles. The molecule has 0 aliphatic rings. The molecule has 1 heterocycles. The Morgan fingerprint density at radius 3 is 2.48 bits per heavy atom. The van der Waals surface area contributed by atoms with E-state index in [1.165, 1.54) is 6.26 Å². The third kappa shape index (κ3) is 3.79. The van der Waals surface area contributed by atoms with Crippen molar-refractivity contribution >= 4 is 27.3 Å². The van der Waals surface area contributed by atoms with Crippen LogP contribution in [0, 0.1) is 0 Å². The Bertz CT molecular complexity index is 803. The molecule has 124 valence electrons. The lowest BCUT2D eigenvalue weighted by atomic mass is 10.1. The molecule has 1 aromatic carbocycles. The summed E-state index contributed by atoms with van der Waals surface area (Å²) in [4.78, 5) is 10.6. The second-order valence-electron chi connectivity index (χ2n) is 5.65. The molecule has 6 nitrogen and oxygen atoms in total. The number of hydrogen-bond donors (Lipinski definition) is 1. The van der Waals surface area contributed by atoms with Crippen molar-refractivity contribution in [2.24, 2.45) is 0 Å². The summed E-state index contributed by atoms with van der Waals surface area (Å²) in [7, 11) is -3.23. The summed E-state index contributed by atoms with van der Waals surface area (Å²) in [6.07, 6.45) is 3.54. The highest BCUT2D eigenvalue weighted by molar-refractivity contribution is 7.90. The average Bonchev–Trinajstić information content (AvgIpc) is 2.46. The number of nitrogens with two attached hydrogens (primary N) is 1. The zero-order valence-corrected chi connectivity index (χ0v) is 14.6. The van der Waals surface area contributed by atoms with Gasteiger partial charge in [0.1, 0.15) is 5.82 Å². The minimum absolute atomic E-state index is 0.124. The van der Waals surface area contributed by atoms with Crippen LogP contribution in [0.15, 0.2) is 35.4 Å². The van der Waals surface area contributed by atoms with Crippen LogP contribution in [-0.2, 0) is 16.3 Å². The van der Waals surface area contributed by atoms with E-state index >= 15 is 0 Å². The fraction of sp³-hybridized carbons (Fsp3) is 0.375. The SMILES string of the molecule is CCc1cc(S(C)(=O)=O)ccc1N(c1ccnc(N)n1)C(C)C. The minimum atomic E-state index is -3.23. The van der Waals surface area contributed by atoms with Gasteiger partial charge < -0.3 is 10.6 Å². The molecule has 0 aliphatic heterocycles. The van der Waals surface area contributed by atoms with E-state index in [-0.39, 0.29) is 12.0 Å². The van der Waals surface area contributed by atoms with Crippen LogP contribution in [0.2, 0.25) is 0 Å². The molecule has 0 atom stereocenters. The van der Waals surface area contributed by atoms with Crippen LogP contribution in [-0.4, -0.2) is 30.7 Å².